The molecule has 0 amide bonds. The lowest BCUT2D eigenvalue weighted by Crippen LogP contribution is -2.41. The van der Waals surface area contributed by atoms with Crippen LogP contribution in [0.3, 0.4) is 0 Å². The van der Waals surface area contributed by atoms with Gasteiger partial charge in [-0.05, 0) is 32.3 Å². The fourth-order valence-corrected chi connectivity index (χ4v) is 3.08. The lowest BCUT2D eigenvalue weighted by molar-refractivity contribution is 0.0794. The minimum atomic E-state index is 0. The Morgan fingerprint density at radius 2 is 1.95 bits per heavy atom. The molecule has 120 valence electrons. The van der Waals surface area contributed by atoms with Crippen LogP contribution in [-0.2, 0) is 4.74 Å². The van der Waals surface area contributed by atoms with E-state index >= 15 is 0 Å². The third-order valence-electron chi connectivity index (χ3n) is 3.31. The van der Waals surface area contributed by atoms with Crippen LogP contribution in [0.25, 0.3) is 0 Å². The maximum absolute atomic E-state index is 5.46. The van der Waals surface area contributed by atoms with Gasteiger partial charge in [-0.3, -0.25) is 4.99 Å². The van der Waals surface area contributed by atoms with Gasteiger partial charge in [0.2, 0.25) is 0 Å². The maximum atomic E-state index is 5.46. The zero-order valence-electron chi connectivity index (χ0n) is 12.7. The Morgan fingerprint density at radius 1 is 1.25 bits per heavy atom. The third-order valence-corrected chi connectivity index (χ3v) is 5.32. The fraction of sp³-hybridized carbons (Fsp3) is 0.923. The highest BCUT2D eigenvalue weighted by Gasteiger charge is 2.31. The molecule has 0 saturated carbocycles. The molecule has 20 heavy (non-hydrogen) atoms. The van der Waals surface area contributed by atoms with Gasteiger partial charge in [-0.15, -0.1) is 24.0 Å². The van der Waals surface area contributed by atoms with E-state index in [4.69, 9.17) is 9.73 Å². The number of rotatable bonds is 7. The molecule has 7 heteroatoms. The molecule has 0 aromatic carbocycles. The Bertz CT molecular complexity index is 274. The van der Waals surface area contributed by atoms with Gasteiger partial charge in [0.05, 0.1) is 6.54 Å². The summed E-state index contributed by atoms with van der Waals surface area (Å²) in [5.74, 6) is 2.04. The largest absolute Gasteiger partial charge is 0.381 e. The van der Waals surface area contributed by atoms with Crippen molar-refractivity contribution < 1.29 is 4.74 Å². The fourth-order valence-electron chi connectivity index (χ4n) is 2.01. The molecule has 0 aromatic rings. The standard InChI is InChI=1S/C13H27N3OS2.HI/c1-4-14-12(15-7-10-18-2)16-11-13(19-3)5-8-17-9-6-13;/h4-11H2,1-3H3,(H2,14,15,16);1H. The van der Waals surface area contributed by atoms with Crippen LogP contribution in [-0.4, -0.2) is 61.8 Å². The first-order valence-corrected chi connectivity index (χ1v) is 9.52. The second-order valence-corrected chi connectivity index (χ2v) is 6.87. The predicted octanol–water partition coefficient (Wildman–Crippen LogP) is 2.43. The molecule has 1 saturated heterocycles. The highest BCUT2D eigenvalue weighted by Crippen LogP contribution is 2.33. The van der Waals surface area contributed by atoms with Crippen molar-refractivity contribution in [1.29, 1.82) is 0 Å². The van der Waals surface area contributed by atoms with Crippen molar-refractivity contribution >= 4 is 53.5 Å². The number of guanidine groups is 1. The quantitative estimate of drug-likeness (QED) is 0.280. The van der Waals surface area contributed by atoms with Crippen LogP contribution in [0.1, 0.15) is 19.8 Å². The summed E-state index contributed by atoms with van der Waals surface area (Å²) in [4.78, 5) is 4.76. The summed E-state index contributed by atoms with van der Waals surface area (Å²) in [6, 6.07) is 0. The Hall–Kier alpha value is 0.660. The van der Waals surface area contributed by atoms with E-state index in [1.54, 1.807) is 0 Å². The van der Waals surface area contributed by atoms with E-state index in [9.17, 15) is 0 Å². The van der Waals surface area contributed by atoms with E-state index < -0.39 is 0 Å². The van der Waals surface area contributed by atoms with E-state index in [0.29, 0.717) is 0 Å². The number of hydrogen-bond donors (Lipinski definition) is 2. The molecule has 0 aromatic heterocycles. The van der Waals surface area contributed by atoms with Crippen molar-refractivity contribution in [2.24, 2.45) is 4.99 Å². The SMILES string of the molecule is CCNC(=NCC1(SC)CCOCC1)NCCSC.I. The summed E-state index contributed by atoms with van der Waals surface area (Å²) in [5.41, 5.74) is 0. The van der Waals surface area contributed by atoms with Crippen molar-refractivity contribution in [1.82, 2.24) is 10.6 Å². The van der Waals surface area contributed by atoms with Crippen LogP contribution >= 0.6 is 47.5 Å². The lowest BCUT2D eigenvalue weighted by Gasteiger charge is -2.34. The van der Waals surface area contributed by atoms with Crippen molar-refractivity contribution in [3.8, 4) is 0 Å². The molecule has 0 bridgehead atoms. The van der Waals surface area contributed by atoms with E-state index in [-0.39, 0.29) is 28.7 Å². The van der Waals surface area contributed by atoms with Crippen LogP contribution < -0.4 is 10.6 Å². The Labute approximate surface area is 149 Å². The van der Waals surface area contributed by atoms with Crippen LogP contribution in [0.2, 0.25) is 0 Å². The van der Waals surface area contributed by atoms with Gasteiger partial charge in [0, 0.05) is 36.8 Å². The van der Waals surface area contributed by atoms with E-state index in [1.807, 2.05) is 23.5 Å². The monoisotopic (exact) mass is 433 g/mol. The van der Waals surface area contributed by atoms with E-state index in [0.717, 1.165) is 57.4 Å². The number of aliphatic imine (C=N–C) groups is 1. The summed E-state index contributed by atoms with van der Waals surface area (Å²) in [5, 5.41) is 6.69. The minimum absolute atomic E-state index is 0. The lowest BCUT2D eigenvalue weighted by atomic mass is 9.99. The van der Waals surface area contributed by atoms with Crippen molar-refractivity contribution in [3.05, 3.63) is 0 Å². The number of halogens is 1. The van der Waals surface area contributed by atoms with Gasteiger partial charge in [0.15, 0.2) is 5.96 Å². The molecule has 1 rings (SSSR count). The minimum Gasteiger partial charge on any atom is -0.381 e. The molecule has 0 radical (unpaired) electrons. The molecule has 1 aliphatic heterocycles. The van der Waals surface area contributed by atoms with Gasteiger partial charge in [0.1, 0.15) is 0 Å². The molecule has 0 atom stereocenters. The normalized spacial score (nSPS) is 18.2. The van der Waals surface area contributed by atoms with Gasteiger partial charge >= 0.3 is 0 Å². The molecule has 0 aliphatic carbocycles. The second kappa shape index (κ2) is 12.2. The third kappa shape index (κ3) is 7.61. The molecule has 4 nitrogen and oxygen atoms in total. The molecule has 1 aliphatic rings. The Balaban J connectivity index is 0.00000361. The zero-order valence-corrected chi connectivity index (χ0v) is 16.7. The smallest absolute Gasteiger partial charge is 0.191 e. The van der Waals surface area contributed by atoms with Crippen molar-refractivity contribution in [2.75, 3.05) is 51.1 Å². The van der Waals surface area contributed by atoms with Crippen LogP contribution in [0.15, 0.2) is 4.99 Å². The molecular weight excluding hydrogens is 405 g/mol. The first-order valence-electron chi connectivity index (χ1n) is 6.90. The topological polar surface area (TPSA) is 45.7 Å². The second-order valence-electron chi connectivity index (χ2n) is 4.61. The number of thioether (sulfide) groups is 2. The Morgan fingerprint density at radius 3 is 2.50 bits per heavy atom. The summed E-state index contributed by atoms with van der Waals surface area (Å²) in [6.45, 7) is 6.57. The number of hydrogen-bond acceptors (Lipinski definition) is 4. The van der Waals surface area contributed by atoms with Crippen molar-refractivity contribution in [3.63, 3.8) is 0 Å². The predicted molar refractivity (Wildman–Crippen MR) is 104 cm³/mol. The summed E-state index contributed by atoms with van der Waals surface area (Å²) < 4.78 is 5.73. The highest BCUT2D eigenvalue weighted by atomic mass is 127. The summed E-state index contributed by atoms with van der Waals surface area (Å²) in [6.07, 6.45) is 6.51. The van der Waals surface area contributed by atoms with Crippen LogP contribution in [0.4, 0.5) is 0 Å². The van der Waals surface area contributed by atoms with Crippen LogP contribution in [0.5, 0.6) is 0 Å². The molecule has 0 spiro atoms. The average molecular weight is 433 g/mol. The Kier molecular flexibility index (Phi) is 12.6. The summed E-state index contributed by atoms with van der Waals surface area (Å²) >= 11 is 3.78. The first-order chi connectivity index (χ1) is 9.26. The molecule has 0 unspecified atom stereocenters. The molecular formula is C13H28IN3OS2. The van der Waals surface area contributed by atoms with Crippen LogP contribution in [0, 0.1) is 0 Å². The van der Waals surface area contributed by atoms with Gasteiger partial charge < -0.3 is 15.4 Å². The highest BCUT2D eigenvalue weighted by molar-refractivity contribution is 14.0. The van der Waals surface area contributed by atoms with E-state index in [1.165, 1.54) is 0 Å². The van der Waals surface area contributed by atoms with Crippen molar-refractivity contribution in [2.45, 2.75) is 24.5 Å². The summed E-state index contributed by atoms with van der Waals surface area (Å²) in [7, 11) is 0. The molecule has 1 heterocycles. The average Bonchev–Trinajstić information content (AvgIpc) is 2.46. The van der Waals surface area contributed by atoms with Gasteiger partial charge in [-0.2, -0.15) is 23.5 Å². The van der Waals surface area contributed by atoms with Gasteiger partial charge in [-0.25, -0.2) is 0 Å². The zero-order chi connectivity index (χ0) is 14.0. The van der Waals surface area contributed by atoms with Gasteiger partial charge in [0.25, 0.3) is 0 Å². The molecule has 2 N–H and O–H groups in total. The number of ether oxygens (including phenoxy) is 1. The van der Waals surface area contributed by atoms with Gasteiger partial charge in [-0.1, -0.05) is 0 Å². The van der Waals surface area contributed by atoms with E-state index in [2.05, 4.69) is 30.1 Å². The maximum Gasteiger partial charge on any atom is 0.191 e. The number of nitrogens with one attached hydrogen (secondary N) is 2. The first kappa shape index (κ1) is 20.7. The molecule has 1 fully saturated rings. The number of nitrogens with zero attached hydrogens (tertiary/aromatic N) is 1.